The van der Waals surface area contributed by atoms with Crippen molar-refractivity contribution >= 4 is 23.4 Å². The smallest absolute Gasteiger partial charge is 0.248 e. The van der Waals surface area contributed by atoms with Crippen molar-refractivity contribution in [2.75, 3.05) is 16.8 Å². The Morgan fingerprint density at radius 3 is 2.72 bits per heavy atom. The number of nitrogens with one attached hydrogen (secondary N) is 1. The lowest BCUT2D eigenvalue weighted by molar-refractivity contribution is 0.1000. The van der Waals surface area contributed by atoms with E-state index in [1.54, 1.807) is 13.0 Å². The SMILES string of the molecule is Cc1c(F)cc(C(N)=O)cc1NC1CCSCC1. The van der Waals surface area contributed by atoms with Gasteiger partial charge in [-0.1, -0.05) is 0 Å². The van der Waals surface area contributed by atoms with Gasteiger partial charge >= 0.3 is 0 Å². The summed E-state index contributed by atoms with van der Waals surface area (Å²) in [4.78, 5) is 11.1. The number of carbonyl (C=O) groups is 1. The first-order valence-corrected chi connectivity index (χ1v) is 7.17. The minimum atomic E-state index is -0.601. The van der Waals surface area contributed by atoms with Crippen LogP contribution in [0, 0.1) is 12.7 Å². The van der Waals surface area contributed by atoms with Gasteiger partial charge in [0.15, 0.2) is 0 Å². The minimum Gasteiger partial charge on any atom is -0.382 e. The second-order valence-corrected chi connectivity index (χ2v) is 5.75. The largest absolute Gasteiger partial charge is 0.382 e. The van der Waals surface area contributed by atoms with Crippen molar-refractivity contribution in [3.8, 4) is 0 Å². The zero-order valence-corrected chi connectivity index (χ0v) is 11.1. The van der Waals surface area contributed by atoms with Crippen molar-refractivity contribution in [2.45, 2.75) is 25.8 Å². The van der Waals surface area contributed by atoms with E-state index in [0.29, 0.717) is 17.3 Å². The summed E-state index contributed by atoms with van der Waals surface area (Å²) in [5.41, 5.74) is 6.63. The fraction of sp³-hybridized carbons (Fsp3) is 0.462. The van der Waals surface area contributed by atoms with Crippen molar-refractivity contribution in [2.24, 2.45) is 5.73 Å². The highest BCUT2D eigenvalue weighted by Gasteiger charge is 2.16. The van der Waals surface area contributed by atoms with Gasteiger partial charge in [-0.15, -0.1) is 0 Å². The van der Waals surface area contributed by atoms with Crippen molar-refractivity contribution in [3.63, 3.8) is 0 Å². The average molecular weight is 268 g/mol. The number of hydrogen-bond donors (Lipinski definition) is 2. The molecule has 0 spiro atoms. The fourth-order valence-electron chi connectivity index (χ4n) is 2.03. The van der Waals surface area contributed by atoms with Crippen LogP contribution in [0.15, 0.2) is 12.1 Å². The Morgan fingerprint density at radius 1 is 1.44 bits per heavy atom. The molecule has 1 saturated heterocycles. The lowest BCUT2D eigenvalue weighted by atomic mass is 10.1. The summed E-state index contributed by atoms with van der Waals surface area (Å²) in [6, 6.07) is 3.19. The van der Waals surface area contributed by atoms with E-state index >= 15 is 0 Å². The molecule has 0 aromatic heterocycles. The van der Waals surface area contributed by atoms with Gasteiger partial charge in [-0.3, -0.25) is 4.79 Å². The molecule has 0 bridgehead atoms. The van der Waals surface area contributed by atoms with E-state index in [0.717, 1.165) is 24.3 Å². The Labute approximate surface area is 110 Å². The van der Waals surface area contributed by atoms with E-state index in [1.807, 2.05) is 11.8 Å². The van der Waals surface area contributed by atoms with E-state index in [1.165, 1.54) is 6.07 Å². The molecule has 1 heterocycles. The highest BCUT2D eigenvalue weighted by atomic mass is 32.2. The molecule has 0 unspecified atom stereocenters. The van der Waals surface area contributed by atoms with Crippen molar-refractivity contribution in [1.29, 1.82) is 0 Å². The van der Waals surface area contributed by atoms with Crippen LogP contribution in [-0.4, -0.2) is 23.5 Å². The third-order valence-corrected chi connectivity index (χ3v) is 4.26. The third-order valence-electron chi connectivity index (χ3n) is 3.21. The van der Waals surface area contributed by atoms with Gasteiger partial charge in [0.25, 0.3) is 0 Å². The second kappa shape index (κ2) is 5.61. The van der Waals surface area contributed by atoms with Crippen LogP contribution >= 0.6 is 11.8 Å². The van der Waals surface area contributed by atoms with Gasteiger partial charge in [0, 0.05) is 22.9 Å². The summed E-state index contributed by atoms with van der Waals surface area (Å²) >= 11 is 1.94. The molecule has 1 amide bonds. The van der Waals surface area contributed by atoms with Crippen LogP contribution in [0.5, 0.6) is 0 Å². The van der Waals surface area contributed by atoms with Gasteiger partial charge in [0.2, 0.25) is 5.91 Å². The molecule has 0 atom stereocenters. The molecule has 1 aliphatic rings. The molecule has 1 aromatic carbocycles. The Balaban J connectivity index is 2.22. The van der Waals surface area contributed by atoms with Crippen LogP contribution < -0.4 is 11.1 Å². The normalized spacial score (nSPS) is 16.6. The van der Waals surface area contributed by atoms with Gasteiger partial charge in [-0.2, -0.15) is 11.8 Å². The average Bonchev–Trinajstić information content (AvgIpc) is 2.35. The Hall–Kier alpha value is -1.23. The second-order valence-electron chi connectivity index (χ2n) is 4.53. The molecule has 1 aliphatic heterocycles. The number of halogens is 1. The summed E-state index contributed by atoms with van der Waals surface area (Å²) in [6.45, 7) is 1.71. The van der Waals surface area contributed by atoms with Crippen molar-refractivity contribution < 1.29 is 9.18 Å². The van der Waals surface area contributed by atoms with E-state index in [-0.39, 0.29) is 11.4 Å². The molecule has 1 fully saturated rings. The number of rotatable bonds is 3. The molecular weight excluding hydrogens is 251 g/mol. The first kappa shape index (κ1) is 13.2. The highest BCUT2D eigenvalue weighted by Crippen LogP contribution is 2.25. The Kier molecular flexibility index (Phi) is 4.11. The maximum absolute atomic E-state index is 13.7. The monoisotopic (exact) mass is 268 g/mol. The Morgan fingerprint density at radius 2 is 2.11 bits per heavy atom. The molecule has 0 saturated carbocycles. The van der Waals surface area contributed by atoms with Crippen LogP contribution in [0.25, 0.3) is 0 Å². The summed E-state index contributed by atoms with van der Waals surface area (Å²) in [5, 5.41) is 3.32. The van der Waals surface area contributed by atoms with Crippen molar-refractivity contribution in [3.05, 3.63) is 29.1 Å². The number of hydrogen-bond acceptors (Lipinski definition) is 3. The number of carbonyl (C=O) groups excluding carboxylic acids is 1. The van der Waals surface area contributed by atoms with E-state index < -0.39 is 5.91 Å². The molecule has 1 aromatic rings. The lowest BCUT2D eigenvalue weighted by Gasteiger charge is -2.24. The van der Waals surface area contributed by atoms with Gasteiger partial charge in [0.1, 0.15) is 5.82 Å². The molecule has 98 valence electrons. The molecule has 3 nitrogen and oxygen atoms in total. The van der Waals surface area contributed by atoms with Gasteiger partial charge in [-0.25, -0.2) is 4.39 Å². The first-order valence-electron chi connectivity index (χ1n) is 6.02. The third kappa shape index (κ3) is 2.96. The number of thioether (sulfide) groups is 1. The standard InChI is InChI=1S/C13H17FN2OS/c1-8-11(14)6-9(13(15)17)7-12(8)16-10-2-4-18-5-3-10/h6-7,10,16H,2-5H2,1H3,(H2,15,17). The predicted octanol–water partition coefficient (Wildman–Crippen LogP) is 2.54. The maximum atomic E-state index is 13.7. The van der Waals surface area contributed by atoms with Crippen LogP contribution in [0.1, 0.15) is 28.8 Å². The van der Waals surface area contributed by atoms with Gasteiger partial charge < -0.3 is 11.1 Å². The van der Waals surface area contributed by atoms with E-state index in [9.17, 15) is 9.18 Å². The molecule has 0 aliphatic carbocycles. The quantitative estimate of drug-likeness (QED) is 0.885. The molecular formula is C13H17FN2OS. The summed E-state index contributed by atoms with van der Waals surface area (Å²) in [5.74, 6) is 1.25. The van der Waals surface area contributed by atoms with Gasteiger partial charge in [-0.05, 0) is 43.4 Å². The molecule has 3 N–H and O–H groups in total. The predicted molar refractivity (Wildman–Crippen MR) is 73.6 cm³/mol. The zero-order chi connectivity index (χ0) is 13.1. The van der Waals surface area contributed by atoms with E-state index in [4.69, 9.17) is 5.73 Å². The topological polar surface area (TPSA) is 55.1 Å². The molecule has 2 rings (SSSR count). The summed E-state index contributed by atoms with van der Waals surface area (Å²) in [6.07, 6.45) is 2.12. The summed E-state index contributed by atoms with van der Waals surface area (Å²) < 4.78 is 13.7. The number of amides is 1. The fourth-order valence-corrected chi connectivity index (χ4v) is 3.14. The molecule has 18 heavy (non-hydrogen) atoms. The molecule has 0 radical (unpaired) electrons. The van der Waals surface area contributed by atoms with Crippen molar-refractivity contribution in [1.82, 2.24) is 0 Å². The first-order chi connectivity index (χ1) is 8.58. The number of nitrogens with two attached hydrogens (primary N) is 1. The number of primary amides is 1. The minimum absolute atomic E-state index is 0.214. The van der Waals surface area contributed by atoms with Crippen LogP contribution in [0.4, 0.5) is 10.1 Å². The van der Waals surface area contributed by atoms with Crippen LogP contribution in [0.3, 0.4) is 0 Å². The molecule has 5 heteroatoms. The maximum Gasteiger partial charge on any atom is 0.248 e. The van der Waals surface area contributed by atoms with Crippen LogP contribution in [0.2, 0.25) is 0 Å². The Bertz CT molecular complexity index is 459. The number of benzene rings is 1. The lowest BCUT2D eigenvalue weighted by Crippen LogP contribution is -2.25. The van der Waals surface area contributed by atoms with Gasteiger partial charge in [0.05, 0.1) is 0 Å². The van der Waals surface area contributed by atoms with Crippen LogP contribution in [-0.2, 0) is 0 Å². The highest BCUT2D eigenvalue weighted by molar-refractivity contribution is 7.99. The van der Waals surface area contributed by atoms with E-state index in [2.05, 4.69) is 5.32 Å². The number of anilines is 1. The summed E-state index contributed by atoms with van der Waals surface area (Å²) in [7, 11) is 0. The zero-order valence-electron chi connectivity index (χ0n) is 10.3.